The molecule has 2 amide bonds. The van der Waals surface area contributed by atoms with Gasteiger partial charge in [-0.25, -0.2) is 9.69 Å². The quantitative estimate of drug-likeness (QED) is 0.513. The Morgan fingerprint density at radius 1 is 1.33 bits per heavy atom. The van der Waals surface area contributed by atoms with Crippen molar-refractivity contribution < 1.29 is 24.4 Å². The van der Waals surface area contributed by atoms with Crippen LogP contribution < -0.4 is 4.90 Å². The van der Waals surface area contributed by atoms with Crippen molar-refractivity contribution in [3.63, 3.8) is 0 Å². The second-order valence-electron chi connectivity index (χ2n) is 4.90. The number of benzene rings is 1. The number of nitro groups is 1. The van der Waals surface area contributed by atoms with Crippen LogP contribution >= 0.6 is 0 Å². The van der Waals surface area contributed by atoms with Gasteiger partial charge in [0.15, 0.2) is 0 Å². The number of carboxylic acids is 1. The Bertz CT molecular complexity index is 636. The summed E-state index contributed by atoms with van der Waals surface area (Å²) in [6.07, 6.45) is 0.254. The van der Waals surface area contributed by atoms with E-state index in [9.17, 15) is 24.5 Å². The molecular formula is C13H12N2O6. The Kier molecular flexibility index (Phi) is 3.70. The van der Waals surface area contributed by atoms with Crippen molar-refractivity contribution in [3.05, 3.63) is 33.9 Å². The first-order valence-electron chi connectivity index (χ1n) is 6.18. The predicted molar refractivity (Wildman–Crippen MR) is 70.9 cm³/mol. The molecule has 1 aromatic carbocycles. The van der Waals surface area contributed by atoms with Gasteiger partial charge in [-0.1, -0.05) is 6.92 Å². The van der Waals surface area contributed by atoms with Crippen LogP contribution in [0.5, 0.6) is 0 Å². The first-order valence-corrected chi connectivity index (χ1v) is 6.18. The summed E-state index contributed by atoms with van der Waals surface area (Å²) >= 11 is 0. The molecule has 110 valence electrons. The van der Waals surface area contributed by atoms with Crippen LogP contribution in [-0.4, -0.2) is 27.8 Å². The molecule has 8 nitrogen and oxygen atoms in total. The molecule has 1 N–H and O–H groups in total. The molecule has 1 aliphatic rings. The number of carboxylic acid groups (broad SMARTS) is 1. The molecule has 0 radical (unpaired) electrons. The minimum atomic E-state index is -1.44. The minimum Gasteiger partial charge on any atom is -0.478 e. The van der Waals surface area contributed by atoms with E-state index in [0.717, 1.165) is 23.1 Å². The van der Waals surface area contributed by atoms with Crippen molar-refractivity contribution in [1.29, 1.82) is 0 Å². The number of hydrogen-bond donors (Lipinski definition) is 1. The lowest BCUT2D eigenvalue weighted by Gasteiger charge is -2.29. The molecule has 0 spiro atoms. The van der Waals surface area contributed by atoms with Crippen molar-refractivity contribution in [3.8, 4) is 0 Å². The van der Waals surface area contributed by atoms with E-state index in [1.165, 1.54) is 0 Å². The second kappa shape index (κ2) is 5.31. The number of carbonyl (C=O) groups excluding carboxylic acids is 2. The van der Waals surface area contributed by atoms with Gasteiger partial charge in [-0.2, -0.15) is 0 Å². The summed E-state index contributed by atoms with van der Waals surface area (Å²) in [5.41, 5.74) is -0.989. The van der Waals surface area contributed by atoms with Gasteiger partial charge in [0.25, 0.3) is 5.69 Å². The van der Waals surface area contributed by atoms with E-state index in [2.05, 4.69) is 0 Å². The highest BCUT2D eigenvalue weighted by Gasteiger charge is 2.34. The summed E-state index contributed by atoms with van der Waals surface area (Å²) < 4.78 is 0. The zero-order valence-corrected chi connectivity index (χ0v) is 11.1. The third kappa shape index (κ3) is 2.73. The number of piperidine rings is 1. The molecular weight excluding hydrogens is 280 g/mol. The summed E-state index contributed by atoms with van der Waals surface area (Å²) in [5.74, 6) is -2.55. The van der Waals surface area contributed by atoms with Gasteiger partial charge in [0.05, 0.1) is 16.2 Å². The van der Waals surface area contributed by atoms with Gasteiger partial charge >= 0.3 is 5.97 Å². The molecule has 1 saturated heterocycles. The van der Waals surface area contributed by atoms with Crippen LogP contribution in [0, 0.1) is 16.0 Å². The lowest BCUT2D eigenvalue weighted by molar-refractivity contribution is -0.384. The normalized spacial score (nSPS) is 16.1. The van der Waals surface area contributed by atoms with Crippen molar-refractivity contribution in [2.24, 2.45) is 5.92 Å². The number of rotatable bonds is 3. The molecule has 0 bridgehead atoms. The van der Waals surface area contributed by atoms with Crippen LogP contribution in [-0.2, 0) is 9.59 Å². The number of nitrogens with zero attached hydrogens (tertiary/aromatic N) is 2. The van der Waals surface area contributed by atoms with Crippen LogP contribution in [0.1, 0.15) is 30.1 Å². The highest BCUT2D eigenvalue weighted by molar-refractivity contribution is 6.19. The fourth-order valence-electron chi connectivity index (χ4n) is 2.26. The minimum absolute atomic E-state index is 0.104. The van der Waals surface area contributed by atoms with Crippen molar-refractivity contribution in [2.75, 3.05) is 4.90 Å². The third-order valence-corrected chi connectivity index (χ3v) is 3.21. The van der Waals surface area contributed by atoms with Crippen LogP contribution in [0.2, 0.25) is 0 Å². The molecule has 0 atom stereocenters. The summed E-state index contributed by atoms with van der Waals surface area (Å²) in [5, 5.41) is 19.9. The van der Waals surface area contributed by atoms with Crippen LogP contribution in [0.25, 0.3) is 0 Å². The van der Waals surface area contributed by atoms with Gasteiger partial charge in [-0.3, -0.25) is 19.7 Å². The average Bonchev–Trinajstić information content (AvgIpc) is 2.37. The third-order valence-electron chi connectivity index (χ3n) is 3.21. The summed E-state index contributed by atoms with van der Waals surface area (Å²) in [4.78, 5) is 46.0. The molecule has 0 saturated carbocycles. The topological polar surface area (TPSA) is 118 Å². The van der Waals surface area contributed by atoms with Gasteiger partial charge in [-0.05, 0) is 12.0 Å². The maximum Gasteiger partial charge on any atom is 0.338 e. The van der Waals surface area contributed by atoms with E-state index in [4.69, 9.17) is 5.11 Å². The van der Waals surface area contributed by atoms with E-state index in [1.807, 2.05) is 0 Å². The van der Waals surface area contributed by atoms with Crippen molar-refractivity contribution >= 4 is 29.2 Å². The summed E-state index contributed by atoms with van der Waals surface area (Å²) in [6, 6.07) is 3.03. The number of carbonyl (C=O) groups is 3. The summed E-state index contributed by atoms with van der Waals surface area (Å²) in [6.45, 7) is 1.75. The highest BCUT2D eigenvalue weighted by Crippen LogP contribution is 2.30. The Morgan fingerprint density at radius 2 is 1.90 bits per heavy atom. The number of aromatic carboxylic acids is 1. The first kappa shape index (κ1) is 14.6. The maximum atomic E-state index is 12.0. The fourth-order valence-corrected chi connectivity index (χ4v) is 2.26. The molecule has 2 rings (SSSR count). The smallest absolute Gasteiger partial charge is 0.338 e. The zero-order valence-electron chi connectivity index (χ0n) is 11.1. The van der Waals surface area contributed by atoms with Gasteiger partial charge in [0.2, 0.25) is 11.8 Å². The van der Waals surface area contributed by atoms with Gasteiger partial charge in [0.1, 0.15) is 0 Å². The fraction of sp³-hybridized carbons (Fsp3) is 0.308. The van der Waals surface area contributed by atoms with Gasteiger partial charge in [0, 0.05) is 25.0 Å². The number of hydrogen-bond acceptors (Lipinski definition) is 5. The lowest BCUT2D eigenvalue weighted by Crippen LogP contribution is -2.43. The molecule has 0 aromatic heterocycles. The van der Waals surface area contributed by atoms with Gasteiger partial charge < -0.3 is 5.11 Å². The number of imide groups is 1. The Labute approximate surface area is 119 Å². The average molecular weight is 292 g/mol. The predicted octanol–water partition coefficient (Wildman–Crippen LogP) is 1.58. The number of amides is 2. The largest absolute Gasteiger partial charge is 0.478 e. The maximum absolute atomic E-state index is 12.0. The van der Waals surface area contributed by atoms with E-state index in [0.29, 0.717) is 0 Å². The SMILES string of the molecule is CC1CC(=O)N(c2ccc([N+](=O)[O-])cc2C(=O)O)C(=O)C1. The second-order valence-corrected chi connectivity index (χ2v) is 4.90. The molecule has 0 aliphatic carbocycles. The zero-order chi connectivity index (χ0) is 15.7. The molecule has 1 heterocycles. The van der Waals surface area contributed by atoms with E-state index >= 15 is 0 Å². The Morgan fingerprint density at radius 3 is 2.38 bits per heavy atom. The molecule has 8 heteroatoms. The summed E-state index contributed by atoms with van der Waals surface area (Å²) in [7, 11) is 0. The Hall–Kier alpha value is -2.77. The molecule has 21 heavy (non-hydrogen) atoms. The first-order chi connectivity index (χ1) is 9.81. The van der Waals surface area contributed by atoms with Gasteiger partial charge in [-0.15, -0.1) is 0 Å². The molecule has 1 aromatic rings. The number of non-ortho nitro benzene ring substituents is 1. The van der Waals surface area contributed by atoms with E-state index in [1.54, 1.807) is 6.92 Å². The van der Waals surface area contributed by atoms with Crippen LogP contribution in [0.4, 0.5) is 11.4 Å². The van der Waals surface area contributed by atoms with Crippen LogP contribution in [0.15, 0.2) is 18.2 Å². The molecule has 0 unspecified atom stereocenters. The number of nitro benzene ring substituents is 1. The standard InChI is InChI=1S/C13H12N2O6/c1-7-4-11(16)14(12(17)5-7)10-3-2-8(15(20)21)6-9(10)13(18)19/h2-3,6-7H,4-5H2,1H3,(H,18,19). The van der Waals surface area contributed by atoms with E-state index < -0.39 is 34.0 Å². The molecule has 1 fully saturated rings. The monoisotopic (exact) mass is 292 g/mol. The molecule has 1 aliphatic heterocycles. The van der Waals surface area contributed by atoms with E-state index in [-0.39, 0.29) is 24.4 Å². The van der Waals surface area contributed by atoms with Crippen molar-refractivity contribution in [2.45, 2.75) is 19.8 Å². The highest BCUT2D eigenvalue weighted by atomic mass is 16.6. The number of anilines is 1. The Balaban J connectivity index is 2.52. The lowest BCUT2D eigenvalue weighted by atomic mass is 9.96. The van der Waals surface area contributed by atoms with Crippen molar-refractivity contribution in [1.82, 2.24) is 0 Å². The van der Waals surface area contributed by atoms with Crippen LogP contribution in [0.3, 0.4) is 0 Å².